The lowest BCUT2D eigenvalue weighted by molar-refractivity contribution is 0.0743. The number of benzene rings is 1. The Morgan fingerprint density at radius 2 is 2.25 bits per heavy atom. The first kappa shape index (κ1) is 11.6. The molecule has 1 saturated heterocycles. The topological polar surface area (TPSA) is 21.3 Å². The number of morpholine rings is 1. The summed E-state index contributed by atoms with van der Waals surface area (Å²) in [7, 11) is 0. The van der Waals surface area contributed by atoms with Crippen molar-refractivity contribution in [1.82, 2.24) is 5.32 Å². The minimum atomic E-state index is 0.537. The van der Waals surface area contributed by atoms with E-state index in [0.717, 1.165) is 26.2 Å². The van der Waals surface area contributed by atoms with Gasteiger partial charge in [-0.1, -0.05) is 23.8 Å². The van der Waals surface area contributed by atoms with Gasteiger partial charge < -0.3 is 10.1 Å². The van der Waals surface area contributed by atoms with Crippen molar-refractivity contribution in [1.29, 1.82) is 0 Å². The normalized spacial score (nSPS) is 21.0. The third kappa shape index (κ3) is 3.06. The van der Waals surface area contributed by atoms with E-state index in [9.17, 15) is 0 Å². The second-order valence-electron chi connectivity index (χ2n) is 4.69. The van der Waals surface area contributed by atoms with E-state index in [1.807, 2.05) is 0 Å². The van der Waals surface area contributed by atoms with E-state index in [1.165, 1.54) is 23.1 Å². The quantitative estimate of drug-likeness (QED) is 0.841. The molecular weight excluding hydrogens is 198 g/mol. The van der Waals surface area contributed by atoms with Crippen LogP contribution in [0.4, 0.5) is 0 Å². The maximum atomic E-state index is 5.46. The van der Waals surface area contributed by atoms with Gasteiger partial charge >= 0.3 is 0 Å². The minimum absolute atomic E-state index is 0.537. The zero-order chi connectivity index (χ0) is 11.4. The number of ether oxygens (including phenoxy) is 1. The first-order chi connectivity index (χ1) is 7.75. The standard InChI is InChI=1S/C14H21NO/c1-11-3-4-13(12(2)9-11)5-6-14-10-16-8-7-15-14/h3-4,9,14-15H,5-8,10H2,1-2H3. The average molecular weight is 219 g/mol. The highest BCUT2D eigenvalue weighted by Crippen LogP contribution is 2.14. The molecule has 2 rings (SSSR count). The molecule has 0 radical (unpaired) electrons. The van der Waals surface area contributed by atoms with Crippen molar-refractivity contribution in [3.05, 3.63) is 34.9 Å². The first-order valence-corrected chi connectivity index (χ1v) is 6.13. The second-order valence-corrected chi connectivity index (χ2v) is 4.69. The van der Waals surface area contributed by atoms with E-state index >= 15 is 0 Å². The molecule has 0 aromatic heterocycles. The van der Waals surface area contributed by atoms with Crippen LogP contribution >= 0.6 is 0 Å². The molecular formula is C14H21NO. The van der Waals surface area contributed by atoms with Crippen LogP contribution in [0.1, 0.15) is 23.1 Å². The van der Waals surface area contributed by atoms with Crippen molar-refractivity contribution < 1.29 is 4.74 Å². The number of nitrogens with one attached hydrogen (secondary N) is 1. The van der Waals surface area contributed by atoms with Crippen molar-refractivity contribution in [2.75, 3.05) is 19.8 Å². The Kier molecular flexibility index (Phi) is 3.97. The maximum absolute atomic E-state index is 5.46. The van der Waals surface area contributed by atoms with Gasteiger partial charge in [0, 0.05) is 12.6 Å². The Bertz CT molecular complexity index is 343. The molecule has 1 unspecified atom stereocenters. The van der Waals surface area contributed by atoms with Crippen LogP contribution in [0.2, 0.25) is 0 Å². The van der Waals surface area contributed by atoms with Gasteiger partial charge in [0.25, 0.3) is 0 Å². The van der Waals surface area contributed by atoms with Crippen LogP contribution in [-0.4, -0.2) is 25.8 Å². The van der Waals surface area contributed by atoms with Gasteiger partial charge in [-0.25, -0.2) is 0 Å². The molecule has 0 amide bonds. The lowest BCUT2D eigenvalue weighted by Gasteiger charge is -2.24. The molecule has 1 aliphatic rings. The number of rotatable bonds is 3. The van der Waals surface area contributed by atoms with Crippen LogP contribution in [0.15, 0.2) is 18.2 Å². The summed E-state index contributed by atoms with van der Waals surface area (Å²) in [5.74, 6) is 0. The summed E-state index contributed by atoms with van der Waals surface area (Å²) in [5.41, 5.74) is 4.23. The third-order valence-corrected chi connectivity index (χ3v) is 3.26. The number of aryl methyl sites for hydroxylation is 3. The van der Waals surface area contributed by atoms with Gasteiger partial charge in [0.1, 0.15) is 0 Å². The highest BCUT2D eigenvalue weighted by Gasteiger charge is 2.12. The summed E-state index contributed by atoms with van der Waals surface area (Å²) in [6.07, 6.45) is 2.32. The zero-order valence-corrected chi connectivity index (χ0v) is 10.3. The summed E-state index contributed by atoms with van der Waals surface area (Å²) < 4.78 is 5.46. The van der Waals surface area contributed by atoms with Crippen molar-refractivity contribution in [2.24, 2.45) is 0 Å². The number of hydrogen-bond acceptors (Lipinski definition) is 2. The highest BCUT2D eigenvalue weighted by atomic mass is 16.5. The average Bonchev–Trinajstić information content (AvgIpc) is 2.29. The monoisotopic (exact) mass is 219 g/mol. The fraction of sp³-hybridized carbons (Fsp3) is 0.571. The van der Waals surface area contributed by atoms with Gasteiger partial charge in [0.05, 0.1) is 13.2 Å². The SMILES string of the molecule is Cc1ccc(CCC2COCCN2)c(C)c1. The van der Waals surface area contributed by atoms with Gasteiger partial charge in [0.15, 0.2) is 0 Å². The lowest BCUT2D eigenvalue weighted by Crippen LogP contribution is -2.41. The molecule has 1 N–H and O–H groups in total. The zero-order valence-electron chi connectivity index (χ0n) is 10.3. The van der Waals surface area contributed by atoms with Crippen LogP contribution in [0.3, 0.4) is 0 Å². The summed E-state index contributed by atoms with van der Waals surface area (Å²) in [6, 6.07) is 7.26. The fourth-order valence-electron chi connectivity index (χ4n) is 2.26. The number of hydrogen-bond donors (Lipinski definition) is 1. The molecule has 0 saturated carbocycles. The summed E-state index contributed by atoms with van der Waals surface area (Å²) in [6.45, 7) is 7.07. The largest absolute Gasteiger partial charge is 0.379 e. The predicted octanol–water partition coefficient (Wildman–Crippen LogP) is 2.22. The van der Waals surface area contributed by atoms with E-state index in [2.05, 4.69) is 37.4 Å². The van der Waals surface area contributed by atoms with Gasteiger partial charge in [-0.3, -0.25) is 0 Å². The predicted molar refractivity (Wildman–Crippen MR) is 66.8 cm³/mol. The van der Waals surface area contributed by atoms with Crippen LogP contribution in [-0.2, 0) is 11.2 Å². The molecule has 1 aromatic carbocycles. The van der Waals surface area contributed by atoms with Crippen LogP contribution in [0.25, 0.3) is 0 Å². The molecule has 2 heteroatoms. The van der Waals surface area contributed by atoms with Crippen molar-refractivity contribution >= 4 is 0 Å². The summed E-state index contributed by atoms with van der Waals surface area (Å²) in [4.78, 5) is 0. The van der Waals surface area contributed by atoms with Gasteiger partial charge in [-0.05, 0) is 37.8 Å². The fourth-order valence-corrected chi connectivity index (χ4v) is 2.26. The second kappa shape index (κ2) is 5.46. The van der Waals surface area contributed by atoms with E-state index in [0.29, 0.717) is 6.04 Å². The highest BCUT2D eigenvalue weighted by molar-refractivity contribution is 5.30. The molecule has 1 fully saturated rings. The minimum Gasteiger partial charge on any atom is -0.379 e. The first-order valence-electron chi connectivity index (χ1n) is 6.13. The van der Waals surface area contributed by atoms with Crippen LogP contribution < -0.4 is 5.32 Å². The van der Waals surface area contributed by atoms with Gasteiger partial charge in [0.2, 0.25) is 0 Å². The molecule has 1 heterocycles. The molecule has 0 aliphatic carbocycles. The smallest absolute Gasteiger partial charge is 0.0620 e. The summed E-state index contributed by atoms with van der Waals surface area (Å²) >= 11 is 0. The molecule has 1 aliphatic heterocycles. The third-order valence-electron chi connectivity index (χ3n) is 3.26. The Labute approximate surface area is 98.0 Å². The van der Waals surface area contributed by atoms with E-state index < -0.39 is 0 Å². The van der Waals surface area contributed by atoms with E-state index in [1.54, 1.807) is 0 Å². The molecule has 16 heavy (non-hydrogen) atoms. The van der Waals surface area contributed by atoms with E-state index in [4.69, 9.17) is 4.74 Å². The van der Waals surface area contributed by atoms with Gasteiger partial charge in [-0.15, -0.1) is 0 Å². The Balaban J connectivity index is 1.88. The summed E-state index contributed by atoms with van der Waals surface area (Å²) in [5, 5.41) is 3.50. The van der Waals surface area contributed by atoms with Gasteiger partial charge in [-0.2, -0.15) is 0 Å². The van der Waals surface area contributed by atoms with Crippen molar-refractivity contribution in [2.45, 2.75) is 32.7 Å². The molecule has 1 aromatic rings. The van der Waals surface area contributed by atoms with Crippen LogP contribution in [0.5, 0.6) is 0 Å². The maximum Gasteiger partial charge on any atom is 0.0620 e. The Hall–Kier alpha value is -0.860. The Morgan fingerprint density at radius 3 is 2.94 bits per heavy atom. The van der Waals surface area contributed by atoms with Crippen molar-refractivity contribution in [3.63, 3.8) is 0 Å². The Morgan fingerprint density at radius 1 is 1.38 bits per heavy atom. The van der Waals surface area contributed by atoms with Crippen molar-refractivity contribution in [3.8, 4) is 0 Å². The molecule has 0 bridgehead atoms. The molecule has 0 spiro atoms. The lowest BCUT2D eigenvalue weighted by atomic mass is 9.99. The molecule has 2 nitrogen and oxygen atoms in total. The van der Waals surface area contributed by atoms with E-state index in [-0.39, 0.29) is 0 Å². The van der Waals surface area contributed by atoms with Crippen LogP contribution in [0, 0.1) is 13.8 Å². The molecule has 88 valence electrons. The molecule has 1 atom stereocenters.